The maximum Gasteiger partial charge on any atom is 0.231 e. The lowest BCUT2D eigenvalue weighted by molar-refractivity contribution is 0.122. The van der Waals surface area contributed by atoms with Gasteiger partial charge < -0.3 is 19.1 Å². The predicted octanol–water partition coefficient (Wildman–Crippen LogP) is 3.66. The van der Waals surface area contributed by atoms with Gasteiger partial charge in [-0.25, -0.2) is 0 Å². The van der Waals surface area contributed by atoms with Gasteiger partial charge in [0.2, 0.25) is 6.79 Å². The molecule has 0 unspecified atom stereocenters. The molecule has 2 aromatic rings. The lowest BCUT2D eigenvalue weighted by Crippen LogP contribution is -2.36. The van der Waals surface area contributed by atoms with Crippen molar-refractivity contribution in [2.45, 2.75) is 0 Å². The summed E-state index contributed by atoms with van der Waals surface area (Å²) in [5, 5.41) is 0.591. The minimum absolute atomic E-state index is 0.231. The number of aliphatic imine (C=N–C) groups is 1. The van der Waals surface area contributed by atoms with Crippen LogP contribution in [0, 0.1) is 0 Å². The van der Waals surface area contributed by atoms with Gasteiger partial charge >= 0.3 is 0 Å². The molecule has 4 rings (SSSR count). The van der Waals surface area contributed by atoms with Crippen LogP contribution in [0.25, 0.3) is 0 Å². The fraction of sp³-hybridized carbons (Fsp3) is 0.278. The van der Waals surface area contributed by atoms with Crippen LogP contribution < -0.4 is 14.4 Å². The fourth-order valence-electron chi connectivity index (χ4n) is 2.75. The molecule has 0 spiro atoms. The highest BCUT2D eigenvalue weighted by atomic mass is 35.5. The van der Waals surface area contributed by atoms with Crippen molar-refractivity contribution in [3.8, 4) is 11.5 Å². The van der Waals surface area contributed by atoms with E-state index in [1.54, 1.807) is 12.3 Å². The predicted molar refractivity (Wildman–Crippen MR) is 94.3 cm³/mol. The Morgan fingerprint density at radius 3 is 2.46 bits per heavy atom. The summed E-state index contributed by atoms with van der Waals surface area (Å²) < 4.78 is 16.1. The van der Waals surface area contributed by atoms with Crippen LogP contribution in [0.15, 0.2) is 41.4 Å². The summed E-state index contributed by atoms with van der Waals surface area (Å²) in [6, 6.07) is 11.8. The molecule has 2 aliphatic heterocycles. The average molecular weight is 345 g/mol. The van der Waals surface area contributed by atoms with Gasteiger partial charge in [0.1, 0.15) is 0 Å². The van der Waals surface area contributed by atoms with E-state index < -0.39 is 0 Å². The lowest BCUT2D eigenvalue weighted by atomic mass is 10.2. The number of morpholine rings is 1. The highest BCUT2D eigenvalue weighted by molar-refractivity contribution is 6.33. The number of ether oxygens (including phenoxy) is 3. The van der Waals surface area contributed by atoms with Gasteiger partial charge in [-0.15, -0.1) is 0 Å². The number of rotatable bonds is 3. The van der Waals surface area contributed by atoms with Crippen molar-refractivity contribution in [3.63, 3.8) is 0 Å². The second-order valence-electron chi connectivity index (χ2n) is 5.60. The molecule has 0 N–H and O–H groups in total. The van der Waals surface area contributed by atoms with Crippen molar-refractivity contribution in [1.82, 2.24) is 0 Å². The molecule has 0 aromatic heterocycles. The third-order valence-electron chi connectivity index (χ3n) is 4.07. The van der Waals surface area contributed by atoms with Crippen LogP contribution in [0.2, 0.25) is 5.02 Å². The summed E-state index contributed by atoms with van der Waals surface area (Å²) in [7, 11) is 0. The summed E-state index contributed by atoms with van der Waals surface area (Å²) in [5.74, 6) is 1.37. The number of nitrogens with zero attached hydrogens (tertiary/aromatic N) is 2. The molecule has 2 aromatic carbocycles. The Morgan fingerprint density at radius 2 is 1.71 bits per heavy atom. The zero-order valence-electron chi connectivity index (χ0n) is 13.1. The first kappa shape index (κ1) is 15.3. The molecule has 0 saturated carbocycles. The summed E-state index contributed by atoms with van der Waals surface area (Å²) >= 11 is 6.26. The number of hydrogen-bond acceptors (Lipinski definition) is 5. The van der Waals surface area contributed by atoms with E-state index in [4.69, 9.17) is 25.8 Å². The molecule has 1 fully saturated rings. The Hall–Kier alpha value is -2.24. The molecule has 0 radical (unpaired) electrons. The summed E-state index contributed by atoms with van der Waals surface area (Å²) in [6.45, 7) is 3.64. The number of hydrogen-bond donors (Lipinski definition) is 0. The maximum atomic E-state index is 6.26. The molecule has 124 valence electrons. The minimum atomic E-state index is 0.231. The van der Waals surface area contributed by atoms with E-state index in [9.17, 15) is 0 Å². The SMILES string of the molecule is Clc1cc2c(cc1C=Nc1ccc(N3CCOCC3)cc1)OCO2. The van der Waals surface area contributed by atoms with Gasteiger partial charge in [0.25, 0.3) is 0 Å². The smallest absolute Gasteiger partial charge is 0.231 e. The van der Waals surface area contributed by atoms with Crippen LogP contribution >= 0.6 is 11.6 Å². The lowest BCUT2D eigenvalue weighted by Gasteiger charge is -2.28. The van der Waals surface area contributed by atoms with Crippen molar-refractivity contribution >= 4 is 29.2 Å². The first-order valence-electron chi connectivity index (χ1n) is 7.85. The average Bonchev–Trinajstić information content (AvgIpc) is 3.08. The molecule has 1 saturated heterocycles. The maximum absolute atomic E-state index is 6.26. The van der Waals surface area contributed by atoms with Crippen molar-refractivity contribution < 1.29 is 14.2 Å². The Morgan fingerprint density at radius 1 is 1.00 bits per heavy atom. The number of halogens is 1. The van der Waals surface area contributed by atoms with Gasteiger partial charge in [0.05, 0.1) is 23.9 Å². The van der Waals surface area contributed by atoms with Crippen molar-refractivity contribution in [3.05, 3.63) is 47.0 Å². The normalized spacial score (nSPS) is 16.8. The van der Waals surface area contributed by atoms with Crippen molar-refractivity contribution in [2.24, 2.45) is 4.99 Å². The van der Waals surface area contributed by atoms with Gasteiger partial charge in [-0.2, -0.15) is 0 Å². The largest absolute Gasteiger partial charge is 0.454 e. The second kappa shape index (κ2) is 6.71. The molecule has 2 aliphatic rings. The van der Waals surface area contributed by atoms with E-state index in [1.807, 2.05) is 18.2 Å². The first-order chi connectivity index (χ1) is 11.8. The minimum Gasteiger partial charge on any atom is -0.454 e. The van der Waals surface area contributed by atoms with Crippen molar-refractivity contribution in [2.75, 3.05) is 38.0 Å². The quantitative estimate of drug-likeness (QED) is 0.797. The summed E-state index contributed by atoms with van der Waals surface area (Å²) in [6.07, 6.45) is 1.74. The molecular weight excluding hydrogens is 328 g/mol. The molecular formula is C18H17ClN2O3. The number of fused-ring (bicyclic) bond motifs is 1. The van der Waals surface area contributed by atoms with E-state index in [1.165, 1.54) is 5.69 Å². The van der Waals surface area contributed by atoms with E-state index in [0.29, 0.717) is 16.5 Å². The summed E-state index contributed by atoms with van der Waals surface area (Å²) in [4.78, 5) is 6.81. The van der Waals surface area contributed by atoms with Crippen molar-refractivity contribution in [1.29, 1.82) is 0 Å². The highest BCUT2D eigenvalue weighted by Gasteiger charge is 2.15. The Bertz CT molecular complexity index is 756. The van der Waals surface area contributed by atoms with Gasteiger partial charge in [0.15, 0.2) is 11.5 Å². The Balaban J connectivity index is 1.50. The highest BCUT2D eigenvalue weighted by Crippen LogP contribution is 2.36. The summed E-state index contributed by atoms with van der Waals surface area (Å²) in [5.41, 5.74) is 2.87. The number of benzene rings is 2. The van der Waals surface area contributed by atoms with E-state index >= 15 is 0 Å². The Labute approximate surface area is 145 Å². The zero-order valence-corrected chi connectivity index (χ0v) is 13.8. The molecule has 2 heterocycles. The Kier molecular flexibility index (Phi) is 4.28. The van der Waals surface area contributed by atoms with Crippen LogP contribution in [-0.2, 0) is 4.74 Å². The van der Waals surface area contributed by atoms with E-state index in [-0.39, 0.29) is 6.79 Å². The third-order valence-corrected chi connectivity index (χ3v) is 4.40. The van der Waals surface area contributed by atoms with Gasteiger partial charge in [0, 0.05) is 36.6 Å². The fourth-order valence-corrected chi connectivity index (χ4v) is 2.95. The topological polar surface area (TPSA) is 43.3 Å². The van der Waals surface area contributed by atoms with Crippen LogP contribution in [0.5, 0.6) is 11.5 Å². The molecule has 6 heteroatoms. The molecule has 0 bridgehead atoms. The van der Waals surface area contributed by atoms with Gasteiger partial charge in [-0.1, -0.05) is 11.6 Å². The number of anilines is 1. The molecule has 0 amide bonds. The van der Waals surface area contributed by atoms with Crippen LogP contribution in [0.4, 0.5) is 11.4 Å². The van der Waals surface area contributed by atoms with E-state index in [0.717, 1.165) is 37.6 Å². The van der Waals surface area contributed by atoms with E-state index in [2.05, 4.69) is 22.0 Å². The molecule has 0 aliphatic carbocycles. The monoisotopic (exact) mass is 344 g/mol. The third kappa shape index (κ3) is 3.18. The standard InChI is InChI=1S/C18H17ClN2O3/c19-16-10-18-17(23-12-24-18)9-13(16)11-20-14-1-3-15(4-2-14)21-5-7-22-8-6-21/h1-4,9-11H,5-8,12H2. The van der Waals surface area contributed by atoms with Gasteiger partial charge in [-0.3, -0.25) is 4.99 Å². The van der Waals surface area contributed by atoms with Crippen LogP contribution in [-0.4, -0.2) is 39.3 Å². The molecule has 5 nitrogen and oxygen atoms in total. The zero-order chi connectivity index (χ0) is 16.4. The molecule has 24 heavy (non-hydrogen) atoms. The molecule has 0 atom stereocenters. The first-order valence-corrected chi connectivity index (χ1v) is 8.23. The van der Waals surface area contributed by atoms with Crippen LogP contribution in [0.3, 0.4) is 0 Å². The van der Waals surface area contributed by atoms with Gasteiger partial charge in [-0.05, 0) is 30.3 Å². The second-order valence-corrected chi connectivity index (χ2v) is 6.01. The van der Waals surface area contributed by atoms with Crippen LogP contribution in [0.1, 0.15) is 5.56 Å².